The molecule has 8 nitrogen and oxygen atoms in total. The number of amides is 1. The van der Waals surface area contributed by atoms with Gasteiger partial charge in [0, 0.05) is 64.5 Å². The molecule has 1 atom stereocenters. The Balaban J connectivity index is 1.30. The second kappa shape index (κ2) is 9.92. The Labute approximate surface area is 223 Å². The number of benzene rings is 2. The first kappa shape index (κ1) is 24.1. The molecule has 10 heteroatoms. The molecule has 2 aromatic heterocycles. The molecule has 1 amide bonds. The standard InChI is InChI=1S/C28H23ClFN7O/c29-18-5-8-21-22(12-18)25(26-23(30)2-1-10-32-26)33-13-17-14-34-28(36-24(17)21)35-20-6-3-16(4-7-20)27(38)37-11-9-19(31)15-37/h1-8,10,12,14,19H,9,11,13,15,31H2,(H,34,35,36). The van der Waals surface area contributed by atoms with Gasteiger partial charge in [-0.15, -0.1) is 0 Å². The van der Waals surface area contributed by atoms with Gasteiger partial charge < -0.3 is 16.0 Å². The fraction of sp³-hybridized carbons (Fsp3) is 0.179. The maximum atomic E-state index is 14.7. The van der Waals surface area contributed by atoms with Crippen molar-refractivity contribution in [1.82, 2.24) is 19.9 Å². The normalized spacial score (nSPS) is 16.3. The number of likely N-dealkylation sites (tertiary alicyclic amines) is 1. The molecule has 0 bridgehead atoms. The number of hydrogen-bond acceptors (Lipinski definition) is 7. The minimum Gasteiger partial charge on any atom is -0.337 e. The van der Waals surface area contributed by atoms with Gasteiger partial charge in [-0.1, -0.05) is 17.7 Å². The first-order chi connectivity index (χ1) is 18.5. The first-order valence-electron chi connectivity index (χ1n) is 12.2. The van der Waals surface area contributed by atoms with Crippen molar-refractivity contribution >= 4 is 34.9 Å². The molecule has 2 aliphatic rings. The highest BCUT2D eigenvalue weighted by Crippen LogP contribution is 2.34. The lowest BCUT2D eigenvalue weighted by Gasteiger charge is -2.16. The van der Waals surface area contributed by atoms with Crippen LogP contribution in [-0.2, 0) is 6.54 Å². The van der Waals surface area contributed by atoms with Crippen LogP contribution in [0, 0.1) is 5.82 Å². The van der Waals surface area contributed by atoms with Crippen molar-refractivity contribution in [1.29, 1.82) is 0 Å². The molecule has 2 aromatic carbocycles. The molecule has 6 rings (SSSR count). The van der Waals surface area contributed by atoms with Crippen LogP contribution in [0.4, 0.5) is 16.0 Å². The molecule has 1 fully saturated rings. The summed E-state index contributed by atoms with van der Waals surface area (Å²) in [5.74, 6) is -0.117. The maximum absolute atomic E-state index is 14.7. The van der Waals surface area contributed by atoms with E-state index in [1.165, 1.54) is 18.3 Å². The van der Waals surface area contributed by atoms with Gasteiger partial charge in [0.25, 0.3) is 5.91 Å². The van der Waals surface area contributed by atoms with Crippen molar-refractivity contribution in [3.05, 3.63) is 100 Å². The molecule has 38 heavy (non-hydrogen) atoms. The van der Waals surface area contributed by atoms with E-state index >= 15 is 0 Å². The van der Waals surface area contributed by atoms with E-state index < -0.39 is 5.82 Å². The van der Waals surface area contributed by atoms with Crippen LogP contribution >= 0.6 is 11.6 Å². The number of nitrogens with two attached hydrogens (primary N) is 1. The number of halogens is 2. The molecule has 0 saturated carbocycles. The Morgan fingerprint density at radius 3 is 2.68 bits per heavy atom. The van der Waals surface area contributed by atoms with Crippen molar-refractivity contribution in [3.8, 4) is 11.3 Å². The Kier molecular flexibility index (Phi) is 6.30. The molecule has 0 spiro atoms. The Morgan fingerprint density at radius 1 is 1.08 bits per heavy atom. The van der Waals surface area contributed by atoms with Crippen LogP contribution in [0.25, 0.3) is 11.3 Å². The quantitative estimate of drug-likeness (QED) is 0.401. The summed E-state index contributed by atoms with van der Waals surface area (Å²) >= 11 is 6.32. The molecule has 0 aliphatic carbocycles. The van der Waals surface area contributed by atoms with E-state index in [2.05, 4.69) is 20.3 Å². The number of nitrogens with one attached hydrogen (secondary N) is 1. The predicted octanol–water partition coefficient (Wildman–Crippen LogP) is 4.60. The minimum absolute atomic E-state index is 0.0267. The number of carbonyl (C=O) groups excluding carboxylic acids is 1. The Hall–Kier alpha value is -4.21. The van der Waals surface area contributed by atoms with Gasteiger partial charge >= 0.3 is 0 Å². The van der Waals surface area contributed by atoms with Crippen molar-refractivity contribution in [3.63, 3.8) is 0 Å². The number of nitrogens with zero attached hydrogens (tertiary/aromatic N) is 5. The van der Waals surface area contributed by atoms with Gasteiger partial charge in [0.05, 0.1) is 18.0 Å². The van der Waals surface area contributed by atoms with Crippen LogP contribution in [0.2, 0.25) is 5.02 Å². The van der Waals surface area contributed by atoms with Gasteiger partial charge in [-0.25, -0.2) is 14.4 Å². The van der Waals surface area contributed by atoms with Crippen LogP contribution in [-0.4, -0.2) is 50.6 Å². The highest BCUT2D eigenvalue weighted by Gasteiger charge is 2.25. The summed E-state index contributed by atoms with van der Waals surface area (Å²) in [4.78, 5) is 32.6. The number of pyridine rings is 1. The third-order valence-corrected chi connectivity index (χ3v) is 6.88. The van der Waals surface area contributed by atoms with Gasteiger partial charge in [0.15, 0.2) is 5.82 Å². The molecule has 4 heterocycles. The number of aliphatic imine (C=N–C) groups is 1. The van der Waals surface area contributed by atoms with Crippen molar-refractivity contribution in [2.75, 3.05) is 18.4 Å². The monoisotopic (exact) mass is 527 g/mol. The largest absolute Gasteiger partial charge is 0.337 e. The summed E-state index contributed by atoms with van der Waals surface area (Å²) in [7, 11) is 0. The molecule has 0 radical (unpaired) electrons. The van der Waals surface area contributed by atoms with Crippen LogP contribution in [0.5, 0.6) is 0 Å². The van der Waals surface area contributed by atoms with Crippen molar-refractivity contribution in [2.24, 2.45) is 10.7 Å². The highest BCUT2D eigenvalue weighted by atomic mass is 35.5. The van der Waals surface area contributed by atoms with E-state index in [-0.39, 0.29) is 24.2 Å². The lowest BCUT2D eigenvalue weighted by Crippen LogP contribution is -2.31. The third kappa shape index (κ3) is 4.62. The molecule has 4 aromatic rings. The van der Waals surface area contributed by atoms with E-state index in [9.17, 15) is 9.18 Å². The zero-order valence-electron chi connectivity index (χ0n) is 20.2. The lowest BCUT2D eigenvalue weighted by molar-refractivity contribution is 0.0791. The summed E-state index contributed by atoms with van der Waals surface area (Å²) < 4.78 is 14.7. The number of carbonyl (C=O) groups is 1. The second-order valence-electron chi connectivity index (χ2n) is 9.26. The SMILES string of the molecule is NC1CCN(C(=O)c2ccc(Nc3ncc4c(n3)-c3ccc(Cl)cc3C(c3ncccc3F)=NC4)cc2)C1. The lowest BCUT2D eigenvalue weighted by atomic mass is 9.97. The first-order valence-corrected chi connectivity index (χ1v) is 12.6. The van der Waals surface area contributed by atoms with Gasteiger partial charge in [0.2, 0.25) is 5.95 Å². The molecule has 190 valence electrons. The number of fused-ring (bicyclic) bond motifs is 3. The molecule has 2 aliphatic heterocycles. The van der Waals surface area contributed by atoms with E-state index in [4.69, 9.17) is 22.3 Å². The Bertz CT molecular complexity index is 1570. The fourth-order valence-corrected chi connectivity index (χ4v) is 4.90. The summed E-state index contributed by atoms with van der Waals surface area (Å²) in [6.07, 6.45) is 4.06. The van der Waals surface area contributed by atoms with E-state index in [0.29, 0.717) is 46.6 Å². The van der Waals surface area contributed by atoms with E-state index in [1.54, 1.807) is 35.4 Å². The molecular formula is C28H23ClFN7O. The highest BCUT2D eigenvalue weighted by molar-refractivity contribution is 6.31. The number of aromatic nitrogens is 3. The summed E-state index contributed by atoms with van der Waals surface area (Å²) in [6.45, 7) is 1.51. The van der Waals surface area contributed by atoms with Crippen molar-refractivity contribution < 1.29 is 9.18 Å². The van der Waals surface area contributed by atoms with Crippen LogP contribution in [0.15, 0.2) is 72.0 Å². The second-order valence-corrected chi connectivity index (χ2v) is 9.69. The molecule has 1 unspecified atom stereocenters. The number of anilines is 2. The third-order valence-electron chi connectivity index (χ3n) is 6.65. The fourth-order valence-electron chi connectivity index (χ4n) is 4.73. The molecule has 3 N–H and O–H groups in total. The average molecular weight is 528 g/mol. The van der Waals surface area contributed by atoms with Gasteiger partial charge in [0.1, 0.15) is 5.69 Å². The number of rotatable bonds is 4. The predicted molar refractivity (Wildman–Crippen MR) is 144 cm³/mol. The van der Waals surface area contributed by atoms with Gasteiger partial charge in [-0.3, -0.25) is 14.8 Å². The van der Waals surface area contributed by atoms with Gasteiger partial charge in [-0.05, 0) is 55.0 Å². The summed E-state index contributed by atoms with van der Waals surface area (Å²) in [5.41, 5.74) is 10.7. The maximum Gasteiger partial charge on any atom is 0.253 e. The smallest absolute Gasteiger partial charge is 0.253 e. The summed E-state index contributed by atoms with van der Waals surface area (Å²) in [6, 6.07) is 15.5. The minimum atomic E-state index is -0.467. The van der Waals surface area contributed by atoms with Crippen molar-refractivity contribution in [2.45, 2.75) is 19.0 Å². The van der Waals surface area contributed by atoms with Crippen LogP contribution in [0.3, 0.4) is 0 Å². The van der Waals surface area contributed by atoms with Crippen LogP contribution in [0.1, 0.15) is 33.6 Å². The topological polar surface area (TPSA) is 109 Å². The average Bonchev–Trinajstić information content (AvgIpc) is 3.30. The summed E-state index contributed by atoms with van der Waals surface area (Å²) in [5, 5.41) is 3.70. The zero-order chi connectivity index (χ0) is 26.2. The Morgan fingerprint density at radius 2 is 1.92 bits per heavy atom. The zero-order valence-corrected chi connectivity index (χ0v) is 21.0. The number of hydrogen-bond donors (Lipinski definition) is 2. The van der Waals surface area contributed by atoms with Gasteiger partial charge in [-0.2, -0.15) is 0 Å². The molecule has 1 saturated heterocycles. The van der Waals surface area contributed by atoms with E-state index in [1.807, 2.05) is 18.2 Å². The van der Waals surface area contributed by atoms with Crippen LogP contribution < -0.4 is 11.1 Å². The molecular weight excluding hydrogens is 505 g/mol. The van der Waals surface area contributed by atoms with E-state index in [0.717, 1.165) is 23.2 Å².